The van der Waals surface area contributed by atoms with E-state index in [1.165, 1.54) is 18.2 Å². The van der Waals surface area contributed by atoms with Crippen LogP contribution < -0.4 is 11.1 Å². The minimum Gasteiger partial charge on any atom is -0.478 e. The van der Waals surface area contributed by atoms with Crippen molar-refractivity contribution in [2.45, 2.75) is 26.4 Å². The number of carboxylic acids is 1. The summed E-state index contributed by atoms with van der Waals surface area (Å²) in [6.45, 7) is 5.23. The topological polar surface area (TPSA) is 102 Å². The van der Waals surface area contributed by atoms with Gasteiger partial charge in [0.2, 0.25) is 0 Å². The Hall–Kier alpha value is -2.24. The van der Waals surface area contributed by atoms with Crippen molar-refractivity contribution in [3.05, 3.63) is 23.8 Å². The highest BCUT2D eigenvalue weighted by Gasteiger charge is 2.16. The van der Waals surface area contributed by atoms with Crippen molar-refractivity contribution in [1.82, 2.24) is 0 Å². The van der Waals surface area contributed by atoms with Crippen LogP contribution in [0, 0.1) is 0 Å². The van der Waals surface area contributed by atoms with Gasteiger partial charge in [-0.3, -0.25) is 4.79 Å². The lowest BCUT2D eigenvalue weighted by atomic mass is 10.1. The first-order valence-corrected chi connectivity index (χ1v) is 5.77. The molecule has 0 spiro atoms. The average molecular weight is 266 g/mol. The number of carbonyl (C=O) groups excluding carboxylic acids is 1. The number of benzene rings is 1. The third-order valence-electron chi connectivity index (χ3n) is 2.14. The van der Waals surface area contributed by atoms with Crippen molar-refractivity contribution >= 4 is 23.3 Å². The number of anilines is 2. The number of nitrogen functional groups attached to an aromatic ring is 1. The molecule has 0 aliphatic rings. The van der Waals surface area contributed by atoms with Gasteiger partial charge in [-0.05, 0) is 39.0 Å². The van der Waals surface area contributed by atoms with Gasteiger partial charge < -0.3 is 20.9 Å². The Labute approximate surface area is 111 Å². The molecule has 0 aliphatic heterocycles. The van der Waals surface area contributed by atoms with Gasteiger partial charge in [0.05, 0.1) is 16.9 Å². The molecule has 0 fully saturated rings. The molecule has 1 aromatic rings. The fourth-order valence-corrected chi connectivity index (χ4v) is 1.39. The maximum absolute atomic E-state index is 11.5. The lowest BCUT2D eigenvalue weighted by molar-refractivity contribution is -0.152. The number of ether oxygens (including phenoxy) is 1. The van der Waals surface area contributed by atoms with Crippen molar-refractivity contribution in [3.63, 3.8) is 0 Å². The summed E-state index contributed by atoms with van der Waals surface area (Å²) in [7, 11) is 0. The first-order valence-electron chi connectivity index (χ1n) is 5.77. The third kappa shape index (κ3) is 4.87. The van der Waals surface area contributed by atoms with Crippen LogP contribution in [0.4, 0.5) is 11.4 Å². The Bertz CT molecular complexity index is 492. The Morgan fingerprint density at radius 3 is 2.53 bits per heavy atom. The molecule has 6 heteroatoms. The van der Waals surface area contributed by atoms with E-state index in [0.717, 1.165) is 0 Å². The molecule has 0 radical (unpaired) electrons. The summed E-state index contributed by atoms with van der Waals surface area (Å²) in [5, 5.41) is 11.6. The predicted molar refractivity (Wildman–Crippen MR) is 72.1 cm³/mol. The summed E-state index contributed by atoms with van der Waals surface area (Å²) >= 11 is 0. The quantitative estimate of drug-likeness (QED) is 0.566. The fraction of sp³-hybridized carbons (Fsp3) is 0.385. The molecule has 0 saturated carbocycles. The third-order valence-corrected chi connectivity index (χ3v) is 2.14. The van der Waals surface area contributed by atoms with Gasteiger partial charge in [-0.15, -0.1) is 0 Å². The van der Waals surface area contributed by atoms with Crippen LogP contribution in [0.1, 0.15) is 31.1 Å². The molecule has 0 heterocycles. The van der Waals surface area contributed by atoms with Gasteiger partial charge in [0.25, 0.3) is 0 Å². The second-order valence-corrected chi connectivity index (χ2v) is 5.05. The van der Waals surface area contributed by atoms with Crippen molar-refractivity contribution in [2.24, 2.45) is 0 Å². The van der Waals surface area contributed by atoms with Crippen LogP contribution in [-0.4, -0.2) is 29.2 Å². The molecular formula is C13H18N2O4. The zero-order valence-corrected chi connectivity index (χ0v) is 11.2. The lowest BCUT2D eigenvalue weighted by Crippen LogP contribution is -2.28. The highest BCUT2D eigenvalue weighted by atomic mass is 16.6. The number of aromatic carboxylic acids is 1. The van der Waals surface area contributed by atoms with Crippen LogP contribution in [0.3, 0.4) is 0 Å². The Morgan fingerprint density at radius 2 is 2.00 bits per heavy atom. The van der Waals surface area contributed by atoms with Gasteiger partial charge in [-0.25, -0.2) is 4.79 Å². The van der Waals surface area contributed by atoms with E-state index < -0.39 is 17.5 Å². The first-order chi connectivity index (χ1) is 8.69. The maximum atomic E-state index is 11.5. The molecule has 0 aromatic heterocycles. The summed E-state index contributed by atoms with van der Waals surface area (Å²) in [6.07, 6.45) is 0. The number of rotatable bonds is 4. The highest BCUT2D eigenvalue weighted by molar-refractivity contribution is 5.91. The van der Waals surface area contributed by atoms with E-state index in [1.807, 2.05) is 0 Å². The molecule has 6 nitrogen and oxygen atoms in total. The number of nitrogens with one attached hydrogen (secondary N) is 1. The number of carboxylic acid groups (broad SMARTS) is 1. The monoisotopic (exact) mass is 266 g/mol. The molecule has 0 atom stereocenters. The molecule has 19 heavy (non-hydrogen) atoms. The molecule has 0 bridgehead atoms. The Morgan fingerprint density at radius 1 is 1.37 bits per heavy atom. The molecule has 0 saturated heterocycles. The van der Waals surface area contributed by atoms with Crippen LogP contribution >= 0.6 is 0 Å². The number of nitrogens with two attached hydrogens (primary N) is 1. The normalized spacial score (nSPS) is 10.9. The minimum atomic E-state index is -1.06. The van der Waals surface area contributed by atoms with E-state index in [9.17, 15) is 9.59 Å². The molecular weight excluding hydrogens is 248 g/mol. The SMILES string of the molecule is CC(C)(C)OC(=O)CNc1cc(C(=O)O)ccc1N. The van der Waals surface area contributed by atoms with Gasteiger partial charge in [0.15, 0.2) is 0 Å². The Kier molecular flexibility index (Phi) is 4.37. The average Bonchev–Trinajstić information content (AvgIpc) is 2.25. The van der Waals surface area contributed by atoms with Gasteiger partial charge in [-0.1, -0.05) is 0 Å². The zero-order chi connectivity index (χ0) is 14.6. The van der Waals surface area contributed by atoms with Crippen LogP contribution in [0.15, 0.2) is 18.2 Å². The largest absolute Gasteiger partial charge is 0.478 e. The summed E-state index contributed by atoms with van der Waals surface area (Å²) in [4.78, 5) is 22.4. The van der Waals surface area contributed by atoms with E-state index in [1.54, 1.807) is 20.8 Å². The van der Waals surface area contributed by atoms with Gasteiger partial charge in [0.1, 0.15) is 12.1 Å². The van der Waals surface area contributed by atoms with E-state index in [4.69, 9.17) is 15.6 Å². The minimum absolute atomic E-state index is 0.0788. The highest BCUT2D eigenvalue weighted by Crippen LogP contribution is 2.20. The van der Waals surface area contributed by atoms with Crippen molar-refractivity contribution in [1.29, 1.82) is 0 Å². The lowest BCUT2D eigenvalue weighted by Gasteiger charge is -2.20. The van der Waals surface area contributed by atoms with Gasteiger partial charge in [-0.2, -0.15) is 0 Å². The van der Waals surface area contributed by atoms with E-state index in [0.29, 0.717) is 11.4 Å². The summed E-state index contributed by atoms with van der Waals surface area (Å²) < 4.78 is 5.12. The second kappa shape index (κ2) is 5.60. The molecule has 0 aliphatic carbocycles. The van der Waals surface area contributed by atoms with E-state index >= 15 is 0 Å². The fourth-order valence-electron chi connectivity index (χ4n) is 1.39. The second-order valence-electron chi connectivity index (χ2n) is 5.05. The number of carbonyl (C=O) groups is 2. The van der Waals surface area contributed by atoms with Crippen LogP contribution in [0.2, 0.25) is 0 Å². The first kappa shape index (κ1) is 14.8. The molecule has 0 unspecified atom stereocenters. The Balaban J connectivity index is 2.70. The van der Waals surface area contributed by atoms with Crippen LogP contribution in [-0.2, 0) is 9.53 Å². The molecule has 1 rings (SSSR count). The molecule has 4 N–H and O–H groups in total. The zero-order valence-electron chi connectivity index (χ0n) is 11.2. The van der Waals surface area contributed by atoms with Crippen molar-refractivity contribution in [2.75, 3.05) is 17.6 Å². The summed E-state index contributed by atoms with van der Waals surface area (Å²) in [5.41, 5.74) is 5.99. The predicted octanol–water partition coefficient (Wildman–Crippen LogP) is 1.72. The smallest absolute Gasteiger partial charge is 0.335 e. The summed E-state index contributed by atoms with van der Waals surface area (Å²) in [5.74, 6) is -1.49. The summed E-state index contributed by atoms with van der Waals surface area (Å²) in [6, 6.07) is 4.25. The molecule has 0 amide bonds. The van der Waals surface area contributed by atoms with Crippen LogP contribution in [0.25, 0.3) is 0 Å². The molecule has 104 valence electrons. The standard InChI is InChI=1S/C13H18N2O4/c1-13(2,3)19-11(16)7-15-10-6-8(12(17)18)4-5-9(10)14/h4-6,15H,7,14H2,1-3H3,(H,17,18). The van der Waals surface area contributed by atoms with E-state index in [2.05, 4.69) is 5.32 Å². The van der Waals surface area contributed by atoms with Gasteiger partial charge in [0, 0.05) is 0 Å². The van der Waals surface area contributed by atoms with Crippen molar-refractivity contribution < 1.29 is 19.4 Å². The number of hydrogen-bond acceptors (Lipinski definition) is 5. The molecule has 1 aromatic carbocycles. The number of hydrogen-bond donors (Lipinski definition) is 3. The van der Waals surface area contributed by atoms with Gasteiger partial charge >= 0.3 is 11.9 Å². The van der Waals surface area contributed by atoms with E-state index in [-0.39, 0.29) is 12.1 Å². The van der Waals surface area contributed by atoms with Crippen LogP contribution in [0.5, 0.6) is 0 Å². The number of esters is 1. The maximum Gasteiger partial charge on any atom is 0.335 e. The van der Waals surface area contributed by atoms with Crippen molar-refractivity contribution in [3.8, 4) is 0 Å².